The van der Waals surface area contributed by atoms with E-state index in [0.29, 0.717) is 0 Å². The van der Waals surface area contributed by atoms with Gasteiger partial charge in [0.1, 0.15) is 11.0 Å². The van der Waals surface area contributed by atoms with E-state index in [1.165, 1.54) is 27.1 Å². The molecule has 0 fully saturated rings. The largest absolute Gasteiger partial charge is 0.456 e. The Bertz CT molecular complexity index is 3040. The monoisotopic (exact) mass is 694 g/mol. The summed E-state index contributed by atoms with van der Waals surface area (Å²) >= 11 is 0. The van der Waals surface area contributed by atoms with E-state index in [-0.39, 0.29) is 6.04 Å². The highest BCUT2D eigenvalue weighted by molar-refractivity contribution is 6.14. The van der Waals surface area contributed by atoms with Crippen LogP contribution in [0.1, 0.15) is 30.5 Å². The number of benzene rings is 7. The van der Waals surface area contributed by atoms with Gasteiger partial charge in [0.25, 0.3) is 0 Å². The van der Waals surface area contributed by atoms with E-state index in [4.69, 9.17) is 10.8 Å². The second-order valence-corrected chi connectivity index (χ2v) is 13.7. The molecule has 1 aliphatic heterocycles. The van der Waals surface area contributed by atoms with Crippen molar-refractivity contribution in [3.05, 3.63) is 179 Å². The summed E-state index contributed by atoms with van der Waals surface area (Å²) in [6, 6.07) is 45.5. The number of terminal acetylenes is 1. The molecular weight excluding hydrogens is 657 g/mol. The Balaban J connectivity index is 1.22. The average Bonchev–Trinajstić information content (AvgIpc) is 3.85. The first-order valence-corrected chi connectivity index (χ1v) is 18.4. The SMILES string of the molecule is C#Cc1cc(-c2cc(C3=CC(/C=C/C=c4\c(=C/C)oc5ccccc45)NN3)cc(-c3cc4ccccc4c4ccccc34)c2)c2ccccc2c1/C=C\C. The molecule has 258 valence electrons. The molecular formula is C51H38N2O. The van der Waals surface area contributed by atoms with Crippen molar-refractivity contribution in [2.45, 2.75) is 19.9 Å². The van der Waals surface area contributed by atoms with E-state index in [0.717, 1.165) is 71.5 Å². The van der Waals surface area contributed by atoms with Gasteiger partial charge in [0.2, 0.25) is 0 Å². The van der Waals surface area contributed by atoms with Crippen molar-refractivity contribution in [3.63, 3.8) is 0 Å². The quantitative estimate of drug-likeness (QED) is 0.134. The molecule has 0 spiro atoms. The molecule has 0 amide bonds. The first-order valence-electron chi connectivity index (χ1n) is 18.4. The van der Waals surface area contributed by atoms with Gasteiger partial charge in [-0.15, -0.1) is 6.42 Å². The number of furan rings is 1. The second kappa shape index (κ2) is 13.9. The van der Waals surface area contributed by atoms with Crippen LogP contribution < -0.4 is 21.5 Å². The fourth-order valence-corrected chi connectivity index (χ4v) is 7.93. The van der Waals surface area contributed by atoms with Crippen LogP contribution in [0, 0.1) is 12.3 Å². The van der Waals surface area contributed by atoms with Crippen molar-refractivity contribution in [2.24, 2.45) is 0 Å². The third kappa shape index (κ3) is 5.80. The lowest BCUT2D eigenvalue weighted by Crippen LogP contribution is -2.30. The molecule has 0 saturated heterocycles. The summed E-state index contributed by atoms with van der Waals surface area (Å²) in [6.45, 7) is 4.04. The molecule has 2 heterocycles. The predicted molar refractivity (Wildman–Crippen MR) is 230 cm³/mol. The van der Waals surface area contributed by atoms with Gasteiger partial charge >= 0.3 is 0 Å². The lowest BCUT2D eigenvalue weighted by Gasteiger charge is -2.17. The molecule has 54 heavy (non-hydrogen) atoms. The maximum absolute atomic E-state index is 6.19. The van der Waals surface area contributed by atoms with Crippen molar-refractivity contribution in [1.82, 2.24) is 10.9 Å². The van der Waals surface area contributed by atoms with Crippen LogP contribution in [0.5, 0.6) is 0 Å². The van der Waals surface area contributed by atoms with Gasteiger partial charge < -0.3 is 9.84 Å². The summed E-state index contributed by atoms with van der Waals surface area (Å²) in [4.78, 5) is 0. The first-order chi connectivity index (χ1) is 26.6. The molecule has 3 heteroatoms. The van der Waals surface area contributed by atoms with Crippen molar-refractivity contribution >= 4 is 67.2 Å². The average molecular weight is 695 g/mol. The van der Waals surface area contributed by atoms with Crippen LogP contribution in [0.2, 0.25) is 0 Å². The molecule has 0 saturated carbocycles. The second-order valence-electron chi connectivity index (χ2n) is 13.7. The Morgan fingerprint density at radius 1 is 0.667 bits per heavy atom. The molecule has 1 aliphatic rings. The Hall–Kier alpha value is -6.86. The van der Waals surface area contributed by atoms with Gasteiger partial charge in [-0.2, -0.15) is 0 Å². The molecule has 1 atom stereocenters. The zero-order valence-corrected chi connectivity index (χ0v) is 30.2. The number of hydrogen-bond acceptors (Lipinski definition) is 3. The van der Waals surface area contributed by atoms with Crippen molar-refractivity contribution in [1.29, 1.82) is 0 Å². The predicted octanol–water partition coefficient (Wildman–Crippen LogP) is 10.9. The van der Waals surface area contributed by atoms with Gasteiger partial charge in [0.15, 0.2) is 0 Å². The molecule has 7 aromatic carbocycles. The van der Waals surface area contributed by atoms with Crippen LogP contribution in [-0.2, 0) is 0 Å². The van der Waals surface area contributed by atoms with E-state index < -0.39 is 0 Å². The third-order valence-corrected chi connectivity index (χ3v) is 10.4. The molecule has 2 N–H and O–H groups in total. The lowest BCUT2D eigenvalue weighted by atomic mass is 9.87. The van der Waals surface area contributed by atoms with Gasteiger partial charge in [0, 0.05) is 16.2 Å². The topological polar surface area (TPSA) is 37.2 Å². The van der Waals surface area contributed by atoms with Gasteiger partial charge in [-0.3, -0.25) is 0 Å². The zero-order chi connectivity index (χ0) is 36.6. The van der Waals surface area contributed by atoms with E-state index >= 15 is 0 Å². The Labute approximate surface area is 314 Å². The van der Waals surface area contributed by atoms with E-state index in [2.05, 4.69) is 162 Å². The highest BCUT2D eigenvalue weighted by Gasteiger charge is 2.19. The molecule has 0 radical (unpaired) electrons. The van der Waals surface area contributed by atoms with Gasteiger partial charge in [-0.1, -0.05) is 127 Å². The van der Waals surface area contributed by atoms with Crippen molar-refractivity contribution in [3.8, 4) is 34.6 Å². The number of allylic oxidation sites excluding steroid dienone is 2. The van der Waals surface area contributed by atoms with Crippen LogP contribution in [-0.4, -0.2) is 6.04 Å². The highest BCUT2D eigenvalue weighted by Crippen LogP contribution is 2.40. The van der Waals surface area contributed by atoms with E-state index in [1.54, 1.807) is 0 Å². The molecule has 0 aliphatic carbocycles. The normalized spacial score (nSPS) is 15.3. The Morgan fingerprint density at radius 3 is 2.04 bits per heavy atom. The number of fused-ring (bicyclic) bond motifs is 5. The number of rotatable bonds is 6. The lowest BCUT2D eigenvalue weighted by molar-refractivity contribution is 0.575. The fourth-order valence-electron chi connectivity index (χ4n) is 7.93. The van der Waals surface area contributed by atoms with Crippen molar-refractivity contribution in [2.75, 3.05) is 0 Å². The minimum Gasteiger partial charge on any atom is -0.456 e. The summed E-state index contributed by atoms with van der Waals surface area (Å²) in [5.74, 6) is 2.99. The Morgan fingerprint density at radius 2 is 1.30 bits per heavy atom. The zero-order valence-electron chi connectivity index (χ0n) is 30.2. The van der Waals surface area contributed by atoms with E-state index in [1.807, 2.05) is 38.1 Å². The molecule has 1 aromatic heterocycles. The number of hydrogen-bond donors (Lipinski definition) is 2. The minimum absolute atomic E-state index is 0.0222. The first kappa shape index (κ1) is 33.0. The minimum atomic E-state index is -0.0222. The summed E-state index contributed by atoms with van der Waals surface area (Å²) in [5, 5.41) is 9.41. The summed E-state index contributed by atoms with van der Waals surface area (Å²) in [7, 11) is 0. The fraction of sp³-hybridized carbons (Fsp3) is 0.0588. The molecule has 8 aromatic rings. The van der Waals surface area contributed by atoms with Crippen LogP contribution in [0.3, 0.4) is 0 Å². The van der Waals surface area contributed by atoms with E-state index in [9.17, 15) is 0 Å². The smallest absolute Gasteiger partial charge is 0.135 e. The maximum atomic E-state index is 6.19. The third-order valence-electron chi connectivity index (χ3n) is 10.4. The molecule has 9 rings (SSSR count). The summed E-state index contributed by atoms with van der Waals surface area (Å²) in [6.07, 6.45) is 21.0. The number of hydrazine groups is 1. The van der Waals surface area contributed by atoms with Gasteiger partial charge in [0.05, 0.1) is 11.7 Å². The van der Waals surface area contributed by atoms with Crippen molar-refractivity contribution < 1.29 is 4.42 Å². The molecule has 0 bridgehead atoms. The van der Waals surface area contributed by atoms with Crippen LogP contribution in [0.25, 0.3) is 89.5 Å². The maximum Gasteiger partial charge on any atom is 0.135 e. The molecule has 3 nitrogen and oxygen atoms in total. The Kier molecular flexibility index (Phi) is 8.52. The van der Waals surface area contributed by atoms with Gasteiger partial charge in [-0.25, -0.2) is 5.43 Å². The molecule has 1 unspecified atom stereocenters. The summed E-state index contributed by atoms with van der Waals surface area (Å²) in [5.41, 5.74) is 17.3. The van der Waals surface area contributed by atoms with Crippen LogP contribution in [0.4, 0.5) is 0 Å². The van der Waals surface area contributed by atoms with Gasteiger partial charge in [-0.05, 0) is 128 Å². The summed E-state index contributed by atoms with van der Waals surface area (Å²) < 4.78 is 6.08. The standard InChI is InChI=1S/C51H38N2O/c1-4-16-39-33(5-2)30-47(43-22-11-9-20-41(39)43)35-27-36(48-31-34-17-7-8-19-40(34)42-21-10-12-23-44(42)48)29-37(28-35)49-32-38(52-53-49)18-15-25-45-46-24-13-14-26-51(46)54-50(45)6-3/h2,4,6-32,38,52-53H,1,3H3/b16-4-,18-15+,45-25-,50-6+. The number of para-hydroxylation sites is 1. The number of nitrogens with one attached hydrogen (secondary N) is 2. The van der Waals surface area contributed by atoms with Crippen LogP contribution in [0.15, 0.2) is 156 Å². The van der Waals surface area contributed by atoms with Crippen LogP contribution >= 0.6 is 0 Å². The highest BCUT2D eigenvalue weighted by atomic mass is 16.3.